The van der Waals surface area contributed by atoms with E-state index in [1.807, 2.05) is 30.3 Å². The second-order valence-electron chi connectivity index (χ2n) is 7.24. The average molecular weight is 463 g/mol. The molecule has 2 amide bonds. The molecule has 1 unspecified atom stereocenters. The van der Waals surface area contributed by atoms with Gasteiger partial charge in [-0.2, -0.15) is 0 Å². The lowest BCUT2D eigenvalue weighted by Gasteiger charge is -2.19. The van der Waals surface area contributed by atoms with Gasteiger partial charge in [0.2, 0.25) is 5.91 Å². The summed E-state index contributed by atoms with van der Waals surface area (Å²) < 4.78 is 12.4. The third kappa shape index (κ3) is 7.94. The van der Waals surface area contributed by atoms with E-state index in [0.29, 0.717) is 12.0 Å². The molecular formula is C23H28ClFN4O3. The molecule has 7 nitrogen and oxygen atoms in total. The lowest BCUT2D eigenvalue weighted by molar-refractivity contribution is -0.123. The van der Waals surface area contributed by atoms with E-state index in [9.17, 15) is 19.1 Å². The van der Waals surface area contributed by atoms with E-state index >= 15 is 0 Å². The molecule has 2 atom stereocenters. The number of carbonyl (C=O) groups excluding carboxylic acids is 2. The first-order chi connectivity index (χ1) is 15.3. The quantitative estimate of drug-likeness (QED) is 0.135. The van der Waals surface area contributed by atoms with Crippen molar-refractivity contribution in [2.24, 2.45) is 10.7 Å². The number of aliphatic hydroxyl groups is 1. The Morgan fingerprint density at radius 3 is 2.50 bits per heavy atom. The molecule has 0 bridgehead atoms. The van der Waals surface area contributed by atoms with Crippen LogP contribution in [0.1, 0.15) is 35.7 Å². The van der Waals surface area contributed by atoms with Crippen molar-refractivity contribution in [3.05, 3.63) is 59.7 Å². The predicted molar refractivity (Wildman–Crippen MR) is 124 cm³/mol. The van der Waals surface area contributed by atoms with Crippen molar-refractivity contribution < 1.29 is 19.1 Å². The Balaban J connectivity index is 2.12. The van der Waals surface area contributed by atoms with E-state index in [0.717, 1.165) is 16.7 Å². The first-order valence-electron chi connectivity index (χ1n) is 10.2. The summed E-state index contributed by atoms with van der Waals surface area (Å²) in [6.45, 7) is 0.976. The summed E-state index contributed by atoms with van der Waals surface area (Å²) in [5, 5.41) is 14.5. The Kier molecular flexibility index (Phi) is 10.1. The van der Waals surface area contributed by atoms with Gasteiger partial charge in [-0.05, 0) is 48.6 Å². The average Bonchev–Trinajstić information content (AvgIpc) is 2.80. The molecule has 172 valence electrons. The zero-order valence-electron chi connectivity index (χ0n) is 17.9. The van der Waals surface area contributed by atoms with Gasteiger partial charge in [-0.3, -0.25) is 14.6 Å². The fourth-order valence-corrected chi connectivity index (χ4v) is 3.12. The maximum atomic E-state index is 12.9. The number of alkyl halides is 2. The van der Waals surface area contributed by atoms with Crippen LogP contribution in [-0.4, -0.2) is 47.5 Å². The van der Waals surface area contributed by atoms with E-state index in [-0.39, 0.29) is 25.4 Å². The van der Waals surface area contributed by atoms with Crippen molar-refractivity contribution >= 4 is 29.3 Å². The van der Waals surface area contributed by atoms with Gasteiger partial charge in [0.15, 0.2) is 0 Å². The number of aliphatic imine (C=N–C) groups is 1. The Morgan fingerprint density at radius 2 is 1.88 bits per heavy atom. The molecule has 0 saturated carbocycles. The third-order valence-corrected chi connectivity index (χ3v) is 4.77. The normalized spacial score (nSPS) is 13.3. The fraction of sp³-hybridized carbons (Fsp3) is 0.348. The molecular weight excluding hydrogens is 435 g/mol. The van der Waals surface area contributed by atoms with Gasteiger partial charge in [0, 0.05) is 12.1 Å². The number of rotatable bonds is 11. The number of nitrogens with zero attached hydrogens (tertiary/aromatic N) is 1. The van der Waals surface area contributed by atoms with Gasteiger partial charge in [0.25, 0.3) is 5.91 Å². The first-order valence-corrected chi connectivity index (χ1v) is 10.7. The number of nitrogens with one attached hydrogen (secondary N) is 2. The molecule has 0 aliphatic rings. The van der Waals surface area contributed by atoms with Crippen molar-refractivity contribution in [2.75, 3.05) is 13.2 Å². The number of hydrogen-bond acceptors (Lipinski definition) is 4. The van der Waals surface area contributed by atoms with Gasteiger partial charge in [0.1, 0.15) is 24.1 Å². The summed E-state index contributed by atoms with van der Waals surface area (Å²) in [5.41, 5.74) is 7.65. The maximum Gasteiger partial charge on any atom is 0.251 e. The summed E-state index contributed by atoms with van der Waals surface area (Å²) >= 11 is 5.86. The van der Waals surface area contributed by atoms with E-state index in [1.165, 1.54) is 0 Å². The third-order valence-electron chi connectivity index (χ3n) is 4.66. The van der Waals surface area contributed by atoms with Crippen LogP contribution in [0.25, 0.3) is 11.1 Å². The molecule has 2 aromatic rings. The van der Waals surface area contributed by atoms with E-state index in [4.69, 9.17) is 17.3 Å². The monoisotopic (exact) mass is 462 g/mol. The highest BCUT2D eigenvalue weighted by atomic mass is 35.5. The molecule has 0 saturated heterocycles. The number of amidine groups is 1. The lowest BCUT2D eigenvalue weighted by Crippen LogP contribution is -2.48. The summed E-state index contributed by atoms with van der Waals surface area (Å²) in [6.07, 6.45) is 0.708. The molecule has 2 aromatic carbocycles. The minimum absolute atomic E-state index is 0.0429. The van der Waals surface area contributed by atoms with Gasteiger partial charge in [-0.15, -0.1) is 0 Å². The van der Waals surface area contributed by atoms with E-state index < -0.39 is 30.0 Å². The second-order valence-corrected chi connectivity index (χ2v) is 7.89. The highest BCUT2D eigenvalue weighted by Crippen LogP contribution is 2.21. The molecule has 0 aromatic heterocycles. The number of amides is 2. The van der Waals surface area contributed by atoms with Gasteiger partial charge in [-0.25, -0.2) is 4.39 Å². The molecule has 2 rings (SSSR count). The number of nitrogens with two attached hydrogens (primary N) is 1. The van der Waals surface area contributed by atoms with Crippen LogP contribution in [0, 0.1) is 0 Å². The molecule has 32 heavy (non-hydrogen) atoms. The molecule has 0 radical (unpaired) electrons. The minimum Gasteiger partial charge on any atom is -0.392 e. The molecule has 0 heterocycles. The predicted octanol–water partition coefficient (Wildman–Crippen LogP) is 2.75. The van der Waals surface area contributed by atoms with Crippen molar-refractivity contribution in [1.82, 2.24) is 10.6 Å². The Morgan fingerprint density at radius 1 is 1.16 bits per heavy atom. The molecule has 0 aliphatic carbocycles. The summed E-state index contributed by atoms with van der Waals surface area (Å²) in [5.74, 6) is -0.930. The van der Waals surface area contributed by atoms with Crippen LogP contribution in [0.5, 0.6) is 0 Å². The maximum absolute atomic E-state index is 12.9. The number of hydrogen-bond donors (Lipinski definition) is 4. The smallest absolute Gasteiger partial charge is 0.251 e. The van der Waals surface area contributed by atoms with Crippen LogP contribution >= 0.6 is 11.6 Å². The molecule has 0 aliphatic heterocycles. The Hall–Kier alpha value is -2.97. The topological polar surface area (TPSA) is 117 Å². The molecule has 5 N–H and O–H groups in total. The molecule has 0 fully saturated rings. The number of carbonyl (C=O) groups is 2. The van der Waals surface area contributed by atoms with Crippen LogP contribution < -0.4 is 16.4 Å². The van der Waals surface area contributed by atoms with Crippen molar-refractivity contribution in [3.63, 3.8) is 0 Å². The number of aliphatic hydroxyl groups excluding tert-OH is 1. The van der Waals surface area contributed by atoms with Crippen LogP contribution in [-0.2, 0) is 11.4 Å². The Bertz CT molecular complexity index is 935. The SMILES string of the molecule is CC(Cl)NC(=O)[C@H](CCCN=C(N)CF)NC(=O)c1cccc(-c2ccc(CO)cc2)c1. The van der Waals surface area contributed by atoms with Crippen LogP contribution in [0.15, 0.2) is 53.5 Å². The van der Waals surface area contributed by atoms with Crippen LogP contribution in [0.2, 0.25) is 0 Å². The van der Waals surface area contributed by atoms with E-state index in [2.05, 4.69) is 15.6 Å². The van der Waals surface area contributed by atoms with Crippen molar-refractivity contribution in [2.45, 2.75) is 37.9 Å². The van der Waals surface area contributed by atoms with Gasteiger partial charge >= 0.3 is 0 Å². The standard InChI is InChI=1S/C23H28ClFN4O3/c1-15(24)28-23(32)20(6-3-11-27-21(26)13-25)29-22(31)19-5-2-4-18(12-19)17-9-7-16(14-30)8-10-17/h2,4-5,7-10,12,15,20,30H,3,6,11,13-14H2,1H3,(H2,26,27)(H,28,32)(H,29,31)/t15?,20-/m0/s1. The zero-order valence-corrected chi connectivity index (χ0v) is 18.6. The van der Waals surface area contributed by atoms with Crippen LogP contribution in [0.4, 0.5) is 4.39 Å². The molecule has 9 heteroatoms. The fourth-order valence-electron chi connectivity index (χ4n) is 3.01. The van der Waals surface area contributed by atoms with Crippen LogP contribution in [0.3, 0.4) is 0 Å². The Labute approximate surface area is 191 Å². The van der Waals surface area contributed by atoms with Gasteiger partial charge in [-0.1, -0.05) is 48.0 Å². The molecule has 0 spiro atoms. The zero-order chi connectivity index (χ0) is 23.5. The lowest BCUT2D eigenvalue weighted by atomic mass is 10.0. The van der Waals surface area contributed by atoms with E-state index in [1.54, 1.807) is 25.1 Å². The highest BCUT2D eigenvalue weighted by molar-refractivity contribution is 6.21. The van der Waals surface area contributed by atoms with Gasteiger partial charge < -0.3 is 21.5 Å². The van der Waals surface area contributed by atoms with Crippen molar-refractivity contribution in [3.8, 4) is 11.1 Å². The minimum atomic E-state index is -0.835. The first kappa shape index (κ1) is 25.3. The summed E-state index contributed by atoms with van der Waals surface area (Å²) in [4.78, 5) is 29.2. The highest BCUT2D eigenvalue weighted by Gasteiger charge is 2.22. The number of benzene rings is 2. The van der Waals surface area contributed by atoms with Crippen molar-refractivity contribution in [1.29, 1.82) is 0 Å². The largest absolute Gasteiger partial charge is 0.392 e. The summed E-state index contributed by atoms with van der Waals surface area (Å²) in [7, 11) is 0. The summed E-state index contributed by atoms with van der Waals surface area (Å²) in [6, 6.07) is 13.5. The van der Waals surface area contributed by atoms with Gasteiger partial charge in [0.05, 0.1) is 6.61 Å². The number of halogens is 2. The second kappa shape index (κ2) is 12.8.